The summed E-state index contributed by atoms with van der Waals surface area (Å²) in [5.41, 5.74) is 6.71. The molecule has 0 bridgehead atoms. The molecule has 2 N–H and O–H groups in total. The van der Waals surface area contributed by atoms with Crippen molar-refractivity contribution in [3.8, 4) is 5.75 Å². The van der Waals surface area contributed by atoms with E-state index in [0.29, 0.717) is 13.2 Å². The third-order valence-electron chi connectivity index (χ3n) is 1.95. The zero-order valence-corrected chi connectivity index (χ0v) is 8.41. The van der Waals surface area contributed by atoms with Crippen molar-refractivity contribution < 1.29 is 4.74 Å². The molecule has 1 aromatic carbocycles. The number of nitrogens with two attached hydrogens (primary N) is 1. The predicted molar refractivity (Wildman–Crippen MR) is 59.5 cm³/mol. The number of rotatable bonds is 6. The molecule has 0 saturated carbocycles. The number of benzene rings is 1. The van der Waals surface area contributed by atoms with Crippen LogP contribution in [0.1, 0.15) is 12.0 Å². The van der Waals surface area contributed by atoms with Crippen LogP contribution in [-0.2, 0) is 6.42 Å². The van der Waals surface area contributed by atoms with Gasteiger partial charge >= 0.3 is 0 Å². The average Bonchev–Trinajstić information content (AvgIpc) is 2.21. The molecular weight excluding hydrogens is 174 g/mol. The molecular formula is C12H17NO. The Labute approximate surface area is 85.4 Å². The van der Waals surface area contributed by atoms with Gasteiger partial charge in [-0.1, -0.05) is 18.2 Å². The molecule has 0 unspecified atom stereocenters. The Morgan fingerprint density at radius 3 is 2.57 bits per heavy atom. The number of hydrogen-bond donors (Lipinski definition) is 1. The van der Waals surface area contributed by atoms with E-state index in [1.54, 1.807) is 0 Å². The van der Waals surface area contributed by atoms with Crippen LogP contribution in [0, 0.1) is 0 Å². The normalized spacial score (nSPS) is 9.79. The molecule has 0 aliphatic carbocycles. The second-order valence-electron chi connectivity index (χ2n) is 3.11. The standard InChI is InChI=1S/C12H17NO/c1-2-3-10-14-12-6-4-11(5-7-12)8-9-13/h2,4-7H,1,3,8-10,13H2. The third kappa shape index (κ3) is 3.62. The molecule has 1 aromatic rings. The molecule has 2 heteroatoms. The molecule has 0 heterocycles. The van der Waals surface area contributed by atoms with Crippen LogP contribution < -0.4 is 10.5 Å². The highest BCUT2D eigenvalue weighted by Gasteiger charge is 1.93. The Bertz CT molecular complexity index is 266. The lowest BCUT2D eigenvalue weighted by Crippen LogP contribution is -2.02. The van der Waals surface area contributed by atoms with Crippen LogP contribution in [0.15, 0.2) is 36.9 Å². The Balaban J connectivity index is 2.42. The first-order chi connectivity index (χ1) is 6.86. The number of hydrogen-bond acceptors (Lipinski definition) is 2. The van der Waals surface area contributed by atoms with Crippen LogP contribution >= 0.6 is 0 Å². The van der Waals surface area contributed by atoms with E-state index in [-0.39, 0.29) is 0 Å². The smallest absolute Gasteiger partial charge is 0.119 e. The summed E-state index contributed by atoms with van der Waals surface area (Å²) in [6.07, 6.45) is 3.65. The monoisotopic (exact) mass is 191 g/mol. The molecule has 0 aliphatic rings. The lowest BCUT2D eigenvalue weighted by Gasteiger charge is -2.05. The summed E-state index contributed by atoms with van der Waals surface area (Å²) in [6, 6.07) is 8.06. The zero-order chi connectivity index (χ0) is 10.2. The zero-order valence-electron chi connectivity index (χ0n) is 8.41. The minimum absolute atomic E-state index is 0.691. The molecule has 14 heavy (non-hydrogen) atoms. The fourth-order valence-corrected chi connectivity index (χ4v) is 1.18. The van der Waals surface area contributed by atoms with Crippen LogP contribution in [0.5, 0.6) is 5.75 Å². The van der Waals surface area contributed by atoms with Gasteiger partial charge in [-0.2, -0.15) is 0 Å². The molecule has 76 valence electrons. The summed E-state index contributed by atoms with van der Waals surface area (Å²) in [5, 5.41) is 0. The first-order valence-corrected chi connectivity index (χ1v) is 4.89. The van der Waals surface area contributed by atoms with Crippen molar-refractivity contribution in [3.63, 3.8) is 0 Å². The van der Waals surface area contributed by atoms with E-state index in [2.05, 4.69) is 18.7 Å². The van der Waals surface area contributed by atoms with Gasteiger partial charge in [0, 0.05) is 0 Å². The largest absolute Gasteiger partial charge is 0.493 e. The quantitative estimate of drug-likeness (QED) is 0.552. The molecule has 0 atom stereocenters. The van der Waals surface area contributed by atoms with E-state index in [1.165, 1.54) is 5.56 Å². The Hall–Kier alpha value is -1.28. The summed E-state index contributed by atoms with van der Waals surface area (Å²) in [5.74, 6) is 0.910. The van der Waals surface area contributed by atoms with Crippen molar-refractivity contribution in [1.82, 2.24) is 0 Å². The maximum absolute atomic E-state index is 5.48. The van der Waals surface area contributed by atoms with Gasteiger partial charge < -0.3 is 10.5 Å². The highest BCUT2D eigenvalue weighted by atomic mass is 16.5. The summed E-state index contributed by atoms with van der Waals surface area (Å²) in [4.78, 5) is 0. The maximum atomic E-state index is 5.48. The van der Waals surface area contributed by atoms with Gasteiger partial charge in [0.15, 0.2) is 0 Å². The highest BCUT2D eigenvalue weighted by molar-refractivity contribution is 5.27. The van der Waals surface area contributed by atoms with Gasteiger partial charge in [-0.15, -0.1) is 6.58 Å². The fourth-order valence-electron chi connectivity index (χ4n) is 1.18. The second kappa shape index (κ2) is 6.22. The fraction of sp³-hybridized carbons (Fsp3) is 0.333. The van der Waals surface area contributed by atoms with Gasteiger partial charge in [0.1, 0.15) is 5.75 Å². The van der Waals surface area contributed by atoms with E-state index in [9.17, 15) is 0 Å². The van der Waals surface area contributed by atoms with Crippen LogP contribution in [0.25, 0.3) is 0 Å². The summed E-state index contributed by atoms with van der Waals surface area (Å²) in [7, 11) is 0. The van der Waals surface area contributed by atoms with Crippen molar-refractivity contribution in [2.45, 2.75) is 12.8 Å². The van der Waals surface area contributed by atoms with Gasteiger partial charge in [0.05, 0.1) is 6.61 Å². The lowest BCUT2D eigenvalue weighted by atomic mass is 10.1. The third-order valence-corrected chi connectivity index (χ3v) is 1.95. The summed E-state index contributed by atoms with van der Waals surface area (Å²) >= 11 is 0. The average molecular weight is 191 g/mol. The Kier molecular flexibility index (Phi) is 4.79. The first kappa shape index (κ1) is 10.8. The topological polar surface area (TPSA) is 35.2 Å². The second-order valence-corrected chi connectivity index (χ2v) is 3.11. The van der Waals surface area contributed by atoms with Gasteiger partial charge in [-0.3, -0.25) is 0 Å². The van der Waals surface area contributed by atoms with Crippen LogP contribution in [-0.4, -0.2) is 13.2 Å². The van der Waals surface area contributed by atoms with Gasteiger partial charge in [-0.05, 0) is 37.1 Å². The van der Waals surface area contributed by atoms with E-state index >= 15 is 0 Å². The Morgan fingerprint density at radius 1 is 1.29 bits per heavy atom. The SMILES string of the molecule is C=CCCOc1ccc(CCN)cc1. The molecule has 0 amide bonds. The molecule has 0 spiro atoms. The van der Waals surface area contributed by atoms with Gasteiger partial charge in [0.25, 0.3) is 0 Å². The summed E-state index contributed by atoms with van der Waals surface area (Å²) < 4.78 is 5.48. The maximum Gasteiger partial charge on any atom is 0.119 e. The van der Waals surface area contributed by atoms with Crippen molar-refractivity contribution in [2.75, 3.05) is 13.2 Å². The number of ether oxygens (including phenoxy) is 1. The van der Waals surface area contributed by atoms with E-state index in [4.69, 9.17) is 10.5 Å². The minimum Gasteiger partial charge on any atom is -0.493 e. The van der Waals surface area contributed by atoms with E-state index < -0.39 is 0 Å². The first-order valence-electron chi connectivity index (χ1n) is 4.89. The van der Waals surface area contributed by atoms with Gasteiger partial charge in [-0.25, -0.2) is 0 Å². The molecule has 0 aliphatic heterocycles. The van der Waals surface area contributed by atoms with Crippen molar-refractivity contribution in [3.05, 3.63) is 42.5 Å². The molecule has 0 aromatic heterocycles. The van der Waals surface area contributed by atoms with Crippen LogP contribution in [0.3, 0.4) is 0 Å². The van der Waals surface area contributed by atoms with Crippen molar-refractivity contribution in [2.24, 2.45) is 5.73 Å². The minimum atomic E-state index is 0.691. The highest BCUT2D eigenvalue weighted by Crippen LogP contribution is 2.12. The van der Waals surface area contributed by atoms with E-state index in [0.717, 1.165) is 18.6 Å². The molecule has 0 fully saturated rings. The van der Waals surface area contributed by atoms with Crippen LogP contribution in [0.2, 0.25) is 0 Å². The lowest BCUT2D eigenvalue weighted by molar-refractivity contribution is 0.325. The van der Waals surface area contributed by atoms with Crippen molar-refractivity contribution in [1.29, 1.82) is 0 Å². The van der Waals surface area contributed by atoms with Gasteiger partial charge in [0.2, 0.25) is 0 Å². The van der Waals surface area contributed by atoms with E-state index in [1.807, 2.05) is 18.2 Å². The molecule has 0 saturated heterocycles. The molecule has 2 nitrogen and oxygen atoms in total. The molecule has 1 rings (SSSR count). The summed E-state index contributed by atoms with van der Waals surface area (Å²) in [6.45, 7) is 5.02. The Morgan fingerprint density at radius 2 is 2.00 bits per heavy atom. The predicted octanol–water partition coefficient (Wildman–Crippen LogP) is 2.14. The van der Waals surface area contributed by atoms with Crippen LogP contribution in [0.4, 0.5) is 0 Å². The van der Waals surface area contributed by atoms with Crippen molar-refractivity contribution >= 4 is 0 Å². The molecule has 0 radical (unpaired) electrons.